The Morgan fingerprint density at radius 2 is 2.43 bits per heavy atom. The fraction of sp³-hybridized carbons (Fsp3) is 1.00. The van der Waals surface area contributed by atoms with Crippen molar-refractivity contribution in [3.8, 4) is 0 Å². The van der Waals surface area contributed by atoms with Crippen LogP contribution < -0.4 is 5.73 Å². The van der Waals surface area contributed by atoms with Crippen molar-refractivity contribution >= 4 is 0 Å². The van der Waals surface area contributed by atoms with Gasteiger partial charge in [-0.2, -0.15) is 0 Å². The number of nitrogens with two attached hydrogens (primary N) is 1. The van der Waals surface area contributed by atoms with Crippen LogP contribution in [0.4, 0.5) is 0 Å². The van der Waals surface area contributed by atoms with Crippen molar-refractivity contribution in [1.29, 1.82) is 0 Å². The van der Waals surface area contributed by atoms with Crippen LogP contribution in [0.1, 0.15) is 26.2 Å². The Balaban J connectivity index is 1.98. The van der Waals surface area contributed by atoms with Crippen molar-refractivity contribution in [3.63, 3.8) is 0 Å². The van der Waals surface area contributed by atoms with Crippen LogP contribution in [0.3, 0.4) is 0 Å². The Morgan fingerprint density at radius 1 is 1.64 bits per heavy atom. The van der Waals surface area contributed by atoms with Gasteiger partial charge in [0.25, 0.3) is 0 Å². The van der Waals surface area contributed by atoms with Crippen molar-refractivity contribution in [2.45, 2.75) is 32.3 Å². The van der Waals surface area contributed by atoms with Crippen molar-refractivity contribution in [1.82, 2.24) is 4.90 Å². The average molecular weight is 198 g/mol. The molecular formula is C11H22N2O. The molecule has 1 heterocycles. The largest absolute Gasteiger partial charge is 0.392 e. The van der Waals surface area contributed by atoms with E-state index in [1.165, 1.54) is 19.3 Å². The second kappa shape index (κ2) is 3.80. The van der Waals surface area contributed by atoms with Gasteiger partial charge in [0.05, 0.1) is 6.10 Å². The normalized spacial score (nSPS) is 40.1. The Kier molecular flexibility index (Phi) is 2.82. The van der Waals surface area contributed by atoms with E-state index in [4.69, 9.17) is 5.73 Å². The second-order valence-corrected chi connectivity index (χ2v) is 5.20. The molecule has 0 aromatic rings. The number of aliphatic hydroxyl groups is 1. The highest BCUT2D eigenvalue weighted by Gasteiger charge is 2.48. The third kappa shape index (κ3) is 1.69. The molecule has 3 atom stereocenters. The molecule has 0 bridgehead atoms. The molecule has 0 aromatic carbocycles. The van der Waals surface area contributed by atoms with Gasteiger partial charge < -0.3 is 10.8 Å². The molecular weight excluding hydrogens is 176 g/mol. The predicted octanol–water partition coefficient (Wildman–Crippen LogP) is 0.428. The number of β-amino-alcohol motifs (C(OH)–C–C–N with tert-alkyl or cyclic N) is 1. The molecule has 0 unspecified atom stereocenters. The molecule has 1 aliphatic heterocycles. The van der Waals surface area contributed by atoms with Crippen LogP contribution in [0, 0.1) is 11.3 Å². The van der Waals surface area contributed by atoms with Gasteiger partial charge in [-0.15, -0.1) is 0 Å². The van der Waals surface area contributed by atoms with Gasteiger partial charge in [-0.05, 0) is 37.6 Å². The molecule has 0 aromatic heterocycles. The van der Waals surface area contributed by atoms with Gasteiger partial charge in [0, 0.05) is 19.6 Å². The summed E-state index contributed by atoms with van der Waals surface area (Å²) in [6, 6.07) is 0. The van der Waals surface area contributed by atoms with Gasteiger partial charge in [-0.25, -0.2) is 0 Å². The van der Waals surface area contributed by atoms with E-state index >= 15 is 0 Å². The summed E-state index contributed by atoms with van der Waals surface area (Å²) in [5.74, 6) is 0.797. The maximum absolute atomic E-state index is 9.36. The van der Waals surface area contributed by atoms with Crippen LogP contribution in [0.25, 0.3) is 0 Å². The Morgan fingerprint density at radius 3 is 3.00 bits per heavy atom. The summed E-state index contributed by atoms with van der Waals surface area (Å²) in [7, 11) is 0. The zero-order chi connectivity index (χ0) is 10.2. The van der Waals surface area contributed by atoms with E-state index in [2.05, 4.69) is 4.90 Å². The quantitative estimate of drug-likeness (QED) is 0.691. The first kappa shape index (κ1) is 10.4. The average Bonchev–Trinajstić information content (AvgIpc) is 2.59. The van der Waals surface area contributed by atoms with Crippen LogP contribution in [0.2, 0.25) is 0 Å². The molecule has 3 heteroatoms. The van der Waals surface area contributed by atoms with Crippen molar-refractivity contribution in [2.24, 2.45) is 17.1 Å². The number of aliphatic hydroxyl groups excluding tert-OH is 1. The minimum atomic E-state index is -0.205. The van der Waals surface area contributed by atoms with Gasteiger partial charge in [0.1, 0.15) is 0 Å². The maximum Gasteiger partial charge on any atom is 0.0639 e. The van der Waals surface area contributed by atoms with Gasteiger partial charge in [-0.3, -0.25) is 4.90 Å². The number of fused-ring (bicyclic) bond motifs is 1. The first-order chi connectivity index (χ1) is 6.66. The van der Waals surface area contributed by atoms with Crippen molar-refractivity contribution in [3.05, 3.63) is 0 Å². The highest BCUT2D eigenvalue weighted by atomic mass is 16.3. The third-order valence-corrected chi connectivity index (χ3v) is 4.04. The molecule has 2 rings (SSSR count). The summed E-state index contributed by atoms with van der Waals surface area (Å²) < 4.78 is 0. The van der Waals surface area contributed by atoms with Gasteiger partial charge in [0.2, 0.25) is 0 Å². The maximum atomic E-state index is 9.36. The summed E-state index contributed by atoms with van der Waals surface area (Å²) in [6.45, 7) is 5.77. The van der Waals surface area contributed by atoms with Crippen LogP contribution >= 0.6 is 0 Å². The van der Waals surface area contributed by atoms with Crippen molar-refractivity contribution < 1.29 is 5.11 Å². The van der Waals surface area contributed by atoms with Crippen LogP contribution in [-0.2, 0) is 0 Å². The molecule has 0 radical (unpaired) electrons. The van der Waals surface area contributed by atoms with E-state index in [0.717, 1.165) is 32.1 Å². The lowest BCUT2D eigenvalue weighted by Crippen LogP contribution is -2.36. The monoisotopic (exact) mass is 198 g/mol. The summed E-state index contributed by atoms with van der Waals surface area (Å²) in [5.41, 5.74) is 6.31. The molecule has 0 spiro atoms. The molecule has 1 saturated heterocycles. The van der Waals surface area contributed by atoms with Gasteiger partial charge >= 0.3 is 0 Å². The van der Waals surface area contributed by atoms with E-state index in [-0.39, 0.29) is 6.10 Å². The van der Waals surface area contributed by atoms with E-state index < -0.39 is 0 Å². The predicted molar refractivity (Wildman–Crippen MR) is 56.9 cm³/mol. The molecule has 1 saturated carbocycles. The standard InChI is InChI=1S/C11H22N2O/c1-9(14)5-13-6-10-3-2-4-11(10,7-12)8-13/h9-10,14H,2-8,12H2,1H3/t9-,10-,11-/m0/s1. The van der Waals surface area contributed by atoms with E-state index in [0.29, 0.717) is 5.41 Å². The SMILES string of the molecule is C[C@H](O)CN1C[C@@H]2CCC[C@]2(CN)C1. The Bertz CT molecular complexity index is 207. The Hall–Kier alpha value is -0.120. The zero-order valence-electron chi connectivity index (χ0n) is 9.08. The van der Waals surface area contributed by atoms with E-state index in [1.54, 1.807) is 0 Å². The first-order valence-corrected chi connectivity index (χ1v) is 5.77. The lowest BCUT2D eigenvalue weighted by molar-refractivity contribution is 0.131. The lowest BCUT2D eigenvalue weighted by atomic mass is 9.81. The van der Waals surface area contributed by atoms with E-state index in [9.17, 15) is 5.11 Å². The third-order valence-electron chi connectivity index (χ3n) is 4.04. The second-order valence-electron chi connectivity index (χ2n) is 5.20. The van der Waals surface area contributed by atoms with Crippen molar-refractivity contribution in [2.75, 3.05) is 26.2 Å². The summed E-state index contributed by atoms with van der Waals surface area (Å²) in [6.07, 6.45) is 3.78. The Labute approximate surface area is 86.3 Å². The number of hydrogen-bond donors (Lipinski definition) is 2. The number of likely N-dealkylation sites (tertiary alicyclic amines) is 1. The molecule has 0 amide bonds. The summed E-state index contributed by atoms with van der Waals surface area (Å²) >= 11 is 0. The van der Waals surface area contributed by atoms with Gasteiger partial charge in [0.15, 0.2) is 0 Å². The molecule has 2 fully saturated rings. The number of rotatable bonds is 3. The smallest absolute Gasteiger partial charge is 0.0639 e. The zero-order valence-corrected chi connectivity index (χ0v) is 9.08. The first-order valence-electron chi connectivity index (χ1n) is 5.77. The minimum Gasteiger partial charge on any atom is -0.392 e. The molecule has 3 nitrogen and oxygen atoms in total. The fourth-order valence-corrected chi connectivity index (χ4v) is 3.37. The topological polar surface area (TPSA) is 49.5 Å². The molecule has 3 N–H and O–H groups in total. The highest BCUT2D eigenvalue weighted by Crippen LogP contribution is 2.47. The summed E-state index contributed by atoms with van der Waals surface area (Å²) in [4.78, 5) is 2.39. The molecule has 82 valence electrons. The van der Waals surface area contributed by atoms with Crippen LogP contribution in [0.15, 0.2) is 0 Å². The van der Waals surface area contributed by atoms with Crippen LogP contribution in [0.5, 0.6) is 0 Å². The number of hydrogen-bond acceptors (Lipinski definition) is 3. The van der Waals surface area contributed by atoms with E-state index in [1.807, 2.05) is 6.92 Å². The van der Waals surface area contributed by atoms with Gasteiger partial charge in [-0.1, -0.05) is 6.42 Å². The van der Waals surface area contributed by atoms with Crippen LogP contribution in [-0.4, -0.2) is 42.3 Å². The number of nitrogens with zero attached hydrogens (tertiary/aromatic N) is 1. The molecule has 14 heavy (non-hydrogen) atoms. The lowest BCUT2D eigenvalue weighted by Gasteiger charge is -2.27. The fourth-order valence-electron chi connectivity index (χ4n) is 3.37. The minimum absolute atomic E-state index is 0.205. The molecule has 1 aliphatic carbocycles. The molecule has 2 aliphatic rings. The highest BCUT2D eigenvalue weighted by molar-refractivity contribution is 5.01. The summed E-state index contributed by atoms with van der Waals surface area (Å²) in [5, 5.41) is 9.36.